The number of rotatable bonds is 3. The molecule has 2 bridgehead atoms. The highest BCUT2D eigenvalue weighted by Gasteiger charge is 2.42. The number of nitrogens with one attached hydrogen (secondary N) is 1. The van der Waals surface area contributed by atoms with Gasteiger partial charge in [-0.05, 0) is 56.1 Å². The first-order valence-corrected chi connectivity index (χ1v) is 7.24. The number of pyridine rings is 1. The van der Waals surface area contributed by atoms with Gasteiger partial charge in [-0.2, -0.15) is 13.2 Å². The Bertz CT molecular complexity index is 486. The molecular weight excluding hydrogens is 265 g/mol. The maximum absolute atomic E-state index is 12.6. The van der Waals surface area contributed by atoms with Crippen LogP contribution in [-0.2, 0) is 6.18 Å². The van der Waals surface area contributed by atoms with Crippen molar-refractivity contribution in [3.05, 3.63) is 23.9 Å². The SMILES string of the molecule is CC(Nc1cccc(C(F)(F)F)n1)C1CC2CCC1C2. The van der Waals surface area contributed by atoms with Crippen LogP contribution in [0.1, 0.15) is 38.3 Å². The second-order valence-electron chi connectivity index (χ2n) is 6.18. The lowest BCUT2D eigenvalue weighted by Crippen LogP contribution is -2.30. The van der Waals surface area contributed by atoms with Crippen LogP contribution in [0.5, 0.6) is 0 Å². The van der Waals surface area contributed by atoms with Crippen molar-refractivity contribution >= 4 is 5.82 Å². The fraction of sp³-hybridized carbons (Fsp3) is 0.667. The van der Waals surface area contributed by atoms with Crippen molar-refractivity contribution in [3.63, 3.8) is 0 Å². The Balaban J connectivity index is 1.68. The molecule has 20 heavy (non-hydrogen) atoms. The number of nitrogens with zero attached hydrogens (tertiary/aromatic N) is 1. The van der Waals surface area contributed by atoms with Crippen molar-refractivity contribution in [2.45, 2.75) is 44.8 Å². The van der Waals surface area contributed by atoms with Gasteiger partial charge in [-0.15, -0.1) is 0 Å². The van der Waals surface area contributed by atoms with Crippen LogP contribution < -0.4 is 5.32 Å². The molecule has 110 valence electrons. The van der Waals surface area contributed by atoms with Crippen molar-refractivity contribution in [2.24, 2.45) is 17.8 Å². The summed E-state index contributed by atoms with van der Waals surface area (Å²) in [6, 6.07) is 4.21. The molecule has 4 unspecified atom stereocenters. The predicted octanol–water partition coefficient (Wildman–Crippen LogP) is 4.34. The molecule has 1 aromatic heterocycles. The van der Waals surface area contributed by atoms with Crippen molar-refractivity contribution < 1.29 is 13.2 Å². The van der Waals surface area contributed by atoms with E-state index in [9.17, 15) is 13.2 Å². The molecule has 4 atom stereocenters. The first kappa shape index (κ1) is 13.7. The molecule has 0 aliphatic heterocycles. The van der Waals surface area contributed by atoms with Gasteiger partial charge in [0.15, 0.2) is 0 Å². The number of hydrogen-bond acceptors (Lipinski definition) is 2. The van der Waals surface area contributed by atoms with Crippen LogP contribution in [0.15, 0.2) is 18.2 Å². The molecule has 0 saturated heterocycles. The van der Waals surface area contributed by atoms with E-state index in [1.165, 1.54) is 31.7 Å². The van der Waals surface area contributed by atoms with E-state index < -0.39 is 11.9 Å². The largest absolute Gasteiger partial charge is 0.433 e. The van der Waals surface area contributed by atoms with E-state index in [0.717, 1.165) is 17.9 Å². The topological polar surface area (TPSA) is 24.9 Å². The fourth-order valence-electron chi connectivity index (χ4n) is 3.92. The van der Waals surface area contributed by atoms with Gasteiger partial charge in [0.25, 0.3) is 0 Å². The minimum absolute atomic E-state index is 0.182. The monoisotopic (exact) mass is 284 g/mol. The van der Waals surface area contributed by atoms with Crippen LogP contribution >= 0.6 is 0 Å². The van der Waals surface area contributed by atoms with Crippen molar-refractivity contribution in [2.75, 3.05) is 5.32 Å². The van der Waals surface area contributed by atoms with E-state index in [4.69, 9.17) is 0 Å². The normalized spacial score (nSPS) is 30.5. The molecule has 1 heterocycles. The van der Waals surface area contributed by atoms with E-state index in [1.807, 2.05) is 0 Å². The highest BCUT2D eigenvalue weighted by atomic mass is 19.4. The van der Waals surface area contributed by atoms with Gasteiger partial charge in [0, 0.05) is 6.04 Å². The second-order valence-corrected chi connectivity index (χ2v) is 6.18. The molecule has 0 amide bonds. The van der Waals surface area contributed by atoms with Crippen LogP contribution in [-0.4, -0.2) is 11.0 Å². The Morgan fingerprint density at radius 3 is 2.65 bits per heavy atom. The molecule has 1 N–H and O–H groups in total. The zero-order valence-electron chi connectivity index (χ0n) is 11.5. The maximum atomic E-state index is 12.6. The van der Waals surface area contributed by atoms with Crippen molar-refractivity contribution in [1.29, 1.82) is 0 Å². The van der Waals surface area contributed by atoms with E-state index in [1.54, 1.807) is 6.07 Å². The Morgan fingerprint density at radius 1 is 1.25 bits per heavy atom. The fourth-order valence-corrected chi connectivity index (χ4v) is 3.92. The number of hydrogen-bond donors (Lipinski definition) is 1. The van der Waals surface area contributed by atoms with Crippen LogP contribution in [0.4, 0.5) is 19.0 Å². The summed E-state index contributed by atoms with van der Waals surface area (Å²) in [5.74, 6) is 2.48. The van der Waals surface area contributed by atoms with E-state index in [2.05, 4.69) is 17.2 Å². The second kappa shape index (κ2) is 4.93. The van der Waals surface area contributed by atoms with Gasteiger partial charge >= 0.3 is 6.18 Å². The number of anilines is 1. The van der Waals surface area contributed by atoms with Gasteiger partial charge in [-0.1, -0.05) is 12.5 Å². The molecule has 5 heteroatoms. The third-order valence-electron chi connectivity index (χ3n) is 4.85. The van der Waals surface area contributed by atoms with Crippen LogP contribution in [0.3, 0.4) is 0 Å². The number of aromatic nitrogens is 1. The molecule has 0 aromatic carbocycles. The van der Waals surface area contributed by atoms with Crippen molar-refractivity contribution in [1.82, 2.24) is 4.98 Å². The third-order valence-corrected chi connectivity index (χ3v) is 4.85. The van der Waals surface area contributed by atoms with Crippen LogP contribution in [0, 0.1) is 17.8 Å². The molecule has 2 aliphatic carbocycles. The summed E-state index contributed by atoms with van der Waals surface area (Å²) in [5.41, 5.74) is -0.831. The lowest BCUT2D eigenvalue weighted by Gasteiger charge is -2.29. The van der Waals surface area contributed by atoms with Gasteiger partial charge in [0.2, 0.25) is 0 Å². The van der Waals surface area contributed by atoms with E-state index in [-0.39, 0.29) is 6.04 Å². The molecule has 0 radical (unpaired) electrons. The molecular formula is C15H19F3N2. The summed E-state index contributed by atoms with van der Waals surface area (Å²) in [4.78, 5) is 3.68. The smallest absolute Gasteiger partial charge is 0.367 e. The van der Waals surface area contributed by atoms with Gasteiger partial charge < -0.3 is 5.32 Å². The summed E-state index contributed by atoms with van der Waals surface area (Å²) in [7, 11) is 0. The number of fused-ring (bicyclic) bond motifs is 2. The molecule has 3 rings (SSSR count). The zero-order chi connectivity index (χ0) is 14.3. The molecule has 2 saturated carbocycles. The third kappa shape index (κ3) is 2.63. The molecule has 1 aromatic rings. The molecule has 2 aliphatic rings. The van der Waals surface area contributed by atoms with Gasteiger partial charge in [0.05, 0.1) is 0 Å². The van der Waals surface area contributed by atoms with Crippen LogP contribution in [0.2, 0.25) is 0 Å². The highest BCUT2D eigenvalue weighted by Crippen LogP contribution is 2.49. The highest BCUT2D eigenvalue weighted by molar-refractivity contribution is 5.37. The Hall–Kier alpha value is -1.26. The predicted molar refractivity (Wildman–Crippen MR) is 71.3 cm³/mol. The number of alkyl halides is 3. The minimum atomic E-state index is -4.38. The zero-order valence-corrected chi connectivity index (χ0v) is 11.5. The van der Waals surface area contributed by atoms with Gasteiger partial charge in [0.1, 0.15) is 11.5 Å². The quantitative estimate of drug-likeness (QED) is 0.893. The maximum Gasteiger partial charge on any atom is 0.433 e. The van der Waals surface area contributed by atoms with Crippen molar-refractivity contribution in [3.8, 4) is 0 Å². The summed E-state index contributed by atoms with van der Waals surface area (Å²) in [6.07, 6.45) is 0.727. The molecule has 2 fully saturated rings. The average molecular weight is 284 g/mol. The first-order chi connectivity index (χ1) is 9.43. The lowest BCUT2D eigenvalue weighted by molar-refractivity contribution is -0.141. The molecule has 0 spiro atoms. The van der Waals surface area contributed by atoms with Crippen LogP contribution in [0.25, 0.3) is 0 Å². The lowest BCUT2D eigenvalue weighted by atomic mass is 9.84. The number of halogens is 3. The Labute approximate surface area is 116 Å². The average Bonchev–Trinajstić information content (AvgIpc) is 3.00. The Kier molecular flexibility index (Phi) is 3.38. The van der Waals surface area contributed by atoms with Gasteiger partial charge in [-0.3, -0.25) is 0 Å². The van der Waals surface area contributed by atoms with Gasteiger partial charge in [-0.25, -0.2) is 4.98 Å². The molecule has 2 nitrogen and oxygen atoms in total. The first-order valence-electron chi connectivity index (χ1n) is 7.24. The standard InChI is InChI=1S/C15H19F3N2/c1-9(12-8-10-5-6-11(12)7-10)19-14-4-2-3-13(20-14)15(16,17)18/h2-4,9-12H,5-8H2,1H3,(H,19,20). The summed E-state index contributed by atoms with van der Waals surface area (Å²) in [6.45, 7) is 2.06. The van der Waals surface area contributed by atoms with E-state index >= 15 is 0 Å². The summed E-state index contributed by atoms with van der Waals surface area (Å²) in [5, 5.41) is 3.17. The summed E-state index contributed by atoms with van der Waals surface area (Å²) < 4.78 is 37.9. The minimum Gasteiger partial charge on any atom is -0.367 e. The van der Waals surface area contributed by atoms with E-state index in [0.29, 0.717) is 11.7 Å². The Morgan fingerprint density at radius 2 is 2.05 bits per heavy atom. The summed E-state index contributed by atoms with van der Waals surface area (Å²) >= 11 is 0.